The van der Waals surface area contributed by atoms with Crippen LogP contribution in [0, 0.1) is 17.6 Å². The molecule has 0 bridgehead atoms. The van der Waals surface area contributed by atoms with Crippen molar-refractivity contribution in [2.24, 2.45) is 5.92 Å². The lowest BCUT2D eigenvalue weighted by atomic mass is 9.79. The maximum Gasteiger partial charge on any atom is 0.495 e. The van der Waals surface area contributed by atoms with Gasteiger partial charge < -0.3 is 18.8 Å². The van der Waals surface area contributed by atoms with Crippen LogP contribution in [0.1, 0.15) is 54.4 Å². The minimum atomic E-state index is -0.865. The molecule has 1 fully saturated rings. The van der Waals surface area contributed by atoms with E-state index in [9.17, 15) is 13.6 Å². The number of esters is 1. The first kappa shape index (κ1) is 22.6. The Morgan fingerprint density at radius 2 is 1.64 bits per heavy atom. The van der Waals surface area contributed by atoms with Crippen molar-refractivity contribution in [1.29, 1.82) is 0 Å². The Labute approximate surface area is 165 Å². The molecule has 0 radical (unpaired) electrons. The molecule has 28 heavy (non-hydrogen) atoms. The first-order chi connectivity index (χ1) is 13.0. The molecule has 1 unspecified atom stereocenters. The van der Waals surface area contributed by atoms with Crippen LogP contribution in [0.4, 0.5) is 8.78 Å². The topological polar surface area (TPSA) is 54.0 Å². The van der Waals surface area contributed by atoms with Gasteiger partial charge in [0, 0.05) is 0 Å². The van der Waals surface area contributed by atoms with Crippen LogP contribution < -0.4 is 10.2 Å². The van der Waals surface area contributed by atoms with E-state index in [0.29, 0.717) is 19.4 Å². The van der Waals surface area contributed by atoms with E-state index in [1.807, 2.05) is 34.6 Å². The van der Waals surface area contributed by atoms with E-state index in [1.165, 1.54) is 0 Å². The highest BCUT2D eigenvalue weighted by Gasteiger charge is 2.52. The lowest BCUT2D eigenvalue weighted by Crippen LogP contribution is -2.41. The van der Waals surface area contributed by atoms with Gasteiger partial charge in [0.25, 0.3) is 0 Å². The Bertz CT molecular complexity index is 669. The second-order valence-corrected chi connectivity index (χ2v) is 7.90. The van der Waals surface area contributed by atoms with Gasteiger partial charge in [-0.2, -0.15) is 0 Å². The highest BCUT2D eigenvalue weighted by molar-refractivity contribution is 6.62. The fraction of sp³-hybridized carbons (Fsp3) is 0.650. The fourth-order valence-electron chi connectivity index (χ4n) is 2.88. The number of halogens is 2. The summed E-state index contributed by atoms with van der Waals surface area (Å²) < 4.78 is 50.9. The number of rotatable bonds is 8. The molecule has 1 saturated heterocycles. The van der Waals surface area contributed by atoms with Crippen LogP contribution in [0.15, 0.2) is 12.1 Å². The molecule has 8 heteroatoms. The van der Waals surface area contributed by atoms with Gasteiger partial charge in [-0.25, -0.2) is 8.78 Å². The van der Waals surface area contributed by atoms with Gasteiger partial charge in [0.1, 0.15) is 0 Å². The average molecular weight is 398 g/mol. The second kappa shape index (κ2) is 8.78. The van der Waals surface area contributed by atoms with Gasteiger partial charge in [0.2, 0.25) is 0 Å². The van der Waals surface area contributed by atoms with Gasteiger partial charge >= 0.3 is 13.1 Å². The summed E-state index contributed by atoms with van der Waals surface area (Å²) in [7, 11) is -0.865. The van der Waals surface area contributed by atoms with Crippen LogP contribution in [0.3, 0.4) is 0 Å². The molecule has 2 rings (SSSR count). The minimum Gasteiger partial charge on any atom is -0.488 e. The van der Waals surface area contributed by atoms with E-state index in [2.05, 4.69) is 0 Å². The number of carbonyl (C=O) groups is 1. The van der Waals surface area contributed by atoms with Gasteiger partial charge in [0.15, 0.2) is 17.4 Å². The SMILES string of the molecule is CCOC(=O)C(CC)CCOc1c(F)cc(B2OC(C)(C)C(C)(C)O2)cc1F. The molecule has 0 aromatic heterocycles. The fourth-order valence-corrected chi connectivity index (χ4v) is 2.88. The van der Waals surface area contributed by atoms with E-state index >= 15 is 0 Å². The first-order valence-electron chi connectivity index (χ1n) is 9.66. The van der Waals surface area contributed by atoms with Crippen LogP contribution in [0.25, 0.3) is 0 Å². The van der Waals surface area contributed by atoms with Crippen molar-refractivity contribution in [3.8, 4) is 5.75 Å². The third-order valence-corrected chi connectivity index (χ3v) is 5.37. The van der Waals surface area contributed by atoms with Gasteiger partial charge in [-0.15, -0.1) is 0 Å². The molecule has 1 aliphatic rings. The zero-order valence-corrected chi connectivity index (χ0v) is 17.4. The minimum absolute atomic E-state index is 0.000990. The zero-order valence-electron chi connectivity index (χ0n) is 17.4. The van der Waals surface area contributed by atoms with Crippen molar-refractivity contribution in [3.05, 3.63) is 23.8 Å². The van der Waals surface area contributed by atoms with Crippen LogP contribution in [-0.2, 0) is 18.8 Å². The molecular weight excluding hydrogens is 369 g/mol. The van der Waals surface area contributed by atoms with E-state index < -0.39 is 35.7 Å². The summed E-state index contributed by atoms with van der Waals surface area (Å²) >= 11 is 0. The Morgan fingerprint density at radius 1 is 1.11 bits per heavy atom. The van der Waals surface area contributed by atoms with E-state index in [0.717, 1.165) is 12.1 Å². The Kier molecular flexibility index (Phi) is 7.09. The van der Waals surface area contributed by atoms with Gasteiger partial charge in [-0.3, -0.25) is 4.79 Å². The summed E-state index contributed by atoms with van der Waals surface area (Å²) in [6.07, 6.45) is 0.876. The quantitative estimate of drug-likeness (QED) is 0.495. The first-order valence-corrected chi connectivity index (χ1v) is 9.66. The molecule has 0 aliphatic carbocycles. The van der Waals surface area contributed by atoms with Crippen molar-refractivity contribution < 1.29 is 32.4 Å². The third kappa shape index (κ3) is 4.84. The van der Waals surface area contributed by atoms with Crippen molar-refractivity contribution in [3.63, 3.8) is 0 Å². The summed E-state index contributed by atoms with van der Waals surface area (Å²) in [6, 6.07) is 2.31. The summed E-state index contributed by atoms with van der Waals surface area (Å²) in [5.41, 5.74) is -0.969. The Hall–Kier alpha value is -1.67. The molecule has 5 nitrogen and oxygen atoms in total. The van der Waals surface area contributed by atoms with Crippen molar-refractivity contribution >= 4 is 18.6 Å². The van der Waals surface area contributed by atoms with Crippen molar-refractivity contribution in [1.82, 2.24) is 0 Å². The molecule has 1 aromatic carbocycles. The number of ether oxygens (including phenoxy) is 2. The van der Waals surface area contributed by atoms with Gasteiger partial charge in [0.05, 0.1) is 30.3 Å². The Balaban J connectivity index is 2.05. The molecule has 0 N–H and O–H groups in total. The standard InChI is InChI=1S/C20H29BF2O5/c1-7-13(18(24)25-8-2)9-10-26-17-15(22)11-14(12-16(17)23)21-27-19(3,4)20(5,6)28-21/h11-13H,7-10H2,1-6H3. The summed E-state index contributed by atoms with van der Waals surface area (Å²) in [5, 5.41) is 0. The summed E-state index contributed by atoms with van der Waals surface area (Å²) in [4.78, 5) is 11.8. The van der Waals surface area contributed by atoms with Gasteiger partial charge in [-0.05, 0) is 65.1 Å². The lowest BCUT2D eigenvalue weighted by molar-refractivity contribution is -0.148. The van der Waals surface area contributed by atoms with Crippen molar-refractivity contribution in [2.75, 3.05) is 13.2 Å². The summed E-state index contributed by atoms with van der Waals surface area (Å²) in [6.45, 7) is 11.3. The lowest BCUT2D eigenvalue weighted by Gasteiger charge is -2.32. The van der Waals surface area contributed by atoms with Crippen LogP contribution in [-0.4, -0.2) is 37.5 Å². The summed E-state index contributed by atoms with van der Waals surface area (Å²) in [5.74, 6) is -2.84. The van der Waals surface area contributed by atoms with Crippen molar-refractivity contribution in [2.45, 2.75) is 65.6 Å². The number of carbonyl (C=O) groups excluding carboxylic acids is 1. The molecule has 1 aliphatic heterocycles. The number of hydrogen-bond acceptors (Lipinski definition) is 5. The van der Waals surface area contributed by atoms with E-state index in [1.54, 1.807) is 6.92 Å². The average Bonchev–Trinajstić information content (AvgIpc) is 2.81. The molecule has 0 amide bonds. The number of benzene rings is 1. The maximum absolute atomic E-state index is 14.5. The number of hydrogen-bond donors (Lipinski definition) is 0. The highest BCUT2D eigenvalue weighted by Crippen LogP contribution is 2.36. The van der Waals surface area contributed by atoms with Crippen LogP contribution >= 0.6 is 0 Å². The normalized spacial score (nSPS) is 18.8. The Morgan fingerprint density at radius 3 is 2.11 bits per heavy atom. The molecule has 1 atom stereocenters. The maximum atomic E-state index is 14.5. The third-order valence-electron chi connectivity index (χ3n) is 5.37. The zero-order chi connectivity index (χ0) is 21.1. The monoisotopic (exact) mass is 398 g/mol. The molecule has 156 valence electrons. The highest BCUT2D eigenvalue weighted by atomic mass is 19.1. The smallest absolute Gasteiger partial charge is 0.488 e. The van der Waals surface area contributed by atoms with Crippen LogP contribution in [0.2, 0.25) is 0 Å². The van der Waals surface area contributed by atoms with Crippen LogP contribution in [0.5, 0.6) is 5.75 Å². The largest absolute Gasteiger partial charge is 0.495 e. The molecular formula is C20H29BF2O5. The molecule has 1 heterocycles. The van der Waals surface area contributed by atoms with E-state index in [-0.39, 0.29) is 24.0 Å². The predicted molar refractivity (Wildman–Crippen MR) is 103 cm³/mol. The molecule has 0 saturated carbocycles. The second-order valence-electron chi connectivity index (χ2n) is 7.90. The molecule has 1 aromatic rings. The van der Waals surface area contributed by atoms with E-state index in [4.69, 9.17) is 18.8 Å². The van der Waals surface area contributed by atoms with Gasteiger partial charge in [-0.1, -0.05) is 6.92 Å². The molecule has 0 spiro atoms. The predicted octanol–water partition coefficient (Wildman–Crippen LogP) is 3.62.